The van der Waals surface area contributed by atoms with Gasteiger partial charge in [-0.25, -0.2) is 0 Å². The van der Waals surface area contributed by atoms with Gasteiger partial charge < -0.3 is 20.1 Å². The molecule has 1 amide bonds. The lowest BCUT2D eigenvalue weighted by atomic mass is 10.0. The summed E-state index contributed by atoms with van der Waals surface area (Å²) in [6, 6.07) is -0.408. The number of amides is 1. The molecule has 5 nitrogen and oxygen atoms in total. The summed E-state index contributed by atoms with van der Waals surface area (Å²) in [7, 11) is 3.48. The van der Waals surface area contributed by atoms with Gasteiger partial charge in [-0.3, -0.25) is 4.79 Å². The maximum absolute atomic E-state index is 12.0. The van der Waals surface area contributed by atoms with Crippen molar-refractivity contribution < 1.29 is 14.3 Å². The lowest BCUT2D eigenvalue weighted by molar-refractivity contribution is -0.132. The fourth-order valence-electron chi connectivity index (χ4n) is 2.28. The molecule has 0 radical (unpaired) electrons. The number of nitrogens with two attached hydrogens (primary N) is 1. The van der Waals surface area contributed by atoms with Crippen molar-refractivity contribution in [2.24, 2.45) is 11.7 Å². The first-order valence-electron chi connectivity index (χ1n) is 6.72. The number of nitrogens with zero attached hydrogens (tertiary/aromatic N) is 1. The zero-order valence-electron chi connectivity index (χ0n) is 11.6. The van der Waals surface area contributed by atoms with Gasteiger partial charge >= 0.3 is 0 Å². The normalized spacial score (nSPS) is 21.6. The van der Waals surface area contributed by atoms with Gasteiger partial charge in [-0.05, 0) is 31.6 Å². The predicted molar refractivity (Wildman–Crippen MR) is 70.3 cm³/mol. The van der Waals surface area contributed by atoms with Crippen LogP contribution in [0.15, 0.2) is 0 Å². The molecule has 1 saturated heterocycles. The molecule has 0 saturated carbocycles. The lowest BCUT2D eigenvalue weighted by Gasteiger charge is -2.28. The van der Waals surface area contributed by atoms with Gasteiger partial charge in [0.05, 0.1) is 12.6 Å². The Hall–Kier alpha value is -0.650. The summed E-state index contributed by atoms with van der Waals surface area (Å²) in [6.45, 7) is 3.01. The summed E-state index contributed by atoms with van der Waals surface area (Å²) in [5.41, 5.74) is 5.89. The van der Waals surface area contributed by atoms with Gasteiger partial charge in [0.25, 0.3) is 0 Å². The first-order chi connectivity index (χ1) is 8.65. The third-order valence-electron chi connectivity index (χ3n) is 3.34. The van der Waals surface area contributed by atoms with Crippen LogP contribution in [0, 0.1) is 5.92 Å². The van der Waals surface area contributed by atoms with Crippen LogP contribution in [0.3, 0.4) is 0 Å². The monoisotopic (exact) mass is 258 g/mol. The topological polar surface area (TPSA) is 64.8 Å². The maximum atomic E-state index is 12.0. The van der Waals surface area contributed by atoms with Crippen LogP contribution in [0.25, 0.3) is 0 Å². The molecule has 0 aliphatic carbocycles. The standard InChI is InChI=1S/C13H26N2O3/c1-15(9-11-5-3-8-18-10-11)13(16)12(14)6-4-7-17-2/h11-12H,3-10,14H2,1-2H3. The molecule has 1 fully saturated rings. The Kier molecular flexibility index (Phi) is 7.23. The summed E-state index contributed by atoms with van der Waals surface area (Å²) >= 11 is 0. The number of carbonyl (C=O) groups excluding carboxylic acids is 1. The summed E-state index contributed by atoms with van der Waals surface area (Å²) in [5.74, 6) is 0.482. The van der Waals surface area contributed by atoms with E-state index in [1.807, 2.05) is 7.05 Å². The van der Waals surface area contributed by atoms with Crippen LogP contribution in [0.4, 0.5) is 0 Å². The molecule has 2 N–H and O–H groups in total. The van der Waals surface area contributed by atoms with Crippen LogP contribution in [0.1, 0.15) is 25.7 Å². The van der Waals surface area contributed by atoms with E-state index in [0.29, 0.717) is 18.9 Å². The summed E-state index contributed by atoms with van der Waals surface area (Å²) in [5, 5.41) is 0. The van der Waals surface area contributed by atoms with Crippen molar-refractivity contribution in [1.29, 1.82) is 0 Å². The van der Waals surface area contributed by atoms with Gasteiger partial charge in [-0.2, -0.15) is 0 Å². The van der Waals surface area contributed by atoms with Crippen molar-refractivity contribution in [3.63, 3.8) is 0 Å². The van der Waals surface area contributed by atoms with Crippen LogP contribution in [-0.4, -0.2) is 57.4 Å². The average molecular weight is 258 g/mol. The van der Waals surface area contributed by atoms with Crippen molar-refractivity contribution in [2.45, 2.75) is 31.7 Å². The Morgan fingerprint density at radius 2 is 2.39 bits per heavy atom. The van der Waals surface area contributed by atoms with Gasteiger partial charge in [0, 0.05) is 33.9 Å². The van der Waals surface area contributed by atoms with Crippen molar-refractivity contribution in [3.05, 3.63) is 0 Å². The van der Waals surface area contributed by atoms with E-state index in [9.17, 15) is 4.79 Å². The Morgan fingerprint density at radius 1 is 1.61 bits per heavy atom. The Labute approximate surface area is 110 Å². The first kappa shape index (κ1) is 15.4. The molecule has 106 valence electrons. The number of carbonyl (C=O) groups is 1. The van der Waals surface area contributed by atoms with Crippen LogP contribution in [0.5, 0.6) is 0 Å². The minimum atomic E-state index is -0.408. The third-order valence-corrected chi connectivity index (χ3v) is 3.34. The highest BCUT2D eigenvalue weighted by Crippen LogP contribution is 2.14. The first-order valence-corrected chi connectivity index (χ1v) is 6.72. The van der Waals surface area contributed by atoms with E-state index in [-0.39, 0.29) is 5.91 Å². The molecule has 0 aromatic carbocycles. The number of methoxy groups -OCH3 is 1. The molecule has 0 bridgehead atoms. The number of hydrogen-bond acceptors (Lipinski definition) is 4. The van der Waals surface area contributed by atoms with Crippen LogP contribution < -0.4 is 5.73 Å². The summed E-state index contributed by atoms with van der Waals surface area (Å²) in [4.78, 5) is 13.8. The molecule has 2 unspecified atom stereocenters. The van der Waals surface area contributed by atoms with Gasteiger partial charge in [0.2, 0.25) is 5.91 Å². The minimum absolute atomic E-state index is 0.0247. The van der Waals surface area contributed by atoms with Crippen LogP contribution in [-0.2, 0) is 14.3 Å². The molecular formula is C13H26N2O3. The summed E-state index contributed by atoms with van der Waals surface area (Å²) < 4.78 is 10.4. The molecule has 1 rings (SSSR count). The number of hydrogen-bond donors (Lipinski definition) is 1. The highest BCUT2D eigenvalue weighted by Gasteiger charge is 2.22. The number of rotatable bonds is 7. The molecule has 2 atom stereocenters. The zero-order chi connectivity index (χ0) is 13.4. The van der Waals surface area contributed by atoms with E-state index >= 15 is 0 Å². The van der Waals surface area contributed by atoms with Crippen molar-refractivity contribution >= 4 is 5.91 Å². The molecule has 18 heavy (non-hydrogen) atoms. The fraction of sp³-hybridized carbons (Fsp3) is 0.923. The molecule has 1 aliphatic heterocycles. The van der Waals surface area contributed by atoms with Gasteiger partial charge in [-0.1, -0.05) is 0 Å². The zero-order valence-corrected chi connectivity index (χ0v) is 11.6. The molecule has 1 heterocycles. The quantitative estimate of drug-likeness (QED) is 0.680. The predicted octanol–water partition coefficient (Wildman–Crippen LogP) is 0.625. The van der Waals surface area contributed by atoms with Crippen molar-refractivity contribution in [3.8, 4) is 0 Å². The van der Waals surface area contributed by atoms with Crippen molar-refractivity contribution in [1.82, 2.24) is 4.90 Å². The Bertz CT molecular complexity index is 242. The molecule has 0 aromatic heterocycles. The van der Waals surface area contributed by atoms with E-state index in [4.69, 9.17) is 15.2 Å². The van der Waals surface area contributed by atoms with Gasteiger partial charge in [-0.15, -0.1) is 0 Å². The average Bonchev–Trinajstić information content (AvgIpc) is 2.39. The molecule has 5 heteroatoms. The smallest absolute Gasteiger partial charge is 0.239 e. The molecule has 0 spiro atoms. The maximum Gasteiger partial charge on any atom is 0.239 e. The molecule has 0 aromatic rings. The second-order valence-electron chi connectivity index (χ2n) is 5.04. The minimum Gasteiger partial charge on any atom is -0.385 e. The van der Waals surface area contributed by atoms with E-state index in [2.05, 4.69) is 0 Å². The van der Waals surface area contributed by atoms with Gasteiger partial charge in [0.15, 0.2) is 0 Å². The SMILES string of the molecule is COCCCC(N)C(=O)N(C)CC1CCCOC1. The Morgan fingerprint density at radius 3 is 3.00 bits per heavy atom. The largest absolute Gasteiger partial charge is 0.385 e. The second-order valence-corrected chi connectivity index (χ2v) is 5.04. The van der Waals surface area contributed by atoms with Gasteiger partial charge in [0.1, 0.15) is 0 Å². The molecule has 1 aliphatic rings. The fourth-order valence-corrected chi connectivity index (χ4v) is 2.28. The summed E-state index contributed by atoms with van der Waals surface area (Å²) in [6.07, 6.45) is 3.73. The highest BCUT2D eigenvalue weighted by atomic mass is 16.5. The van der Waals surface area contributed by atoms with Crippen molar-refractivity contribution in [2.75, 3.05) is 40.5 Å². The van der Waals surface area contributed by atoms with E-state index in [1.165, 1.54) is 0 Å². The van der Waals surface area contributed by atoms with Crippen LogP contribution >= 0.6 is 0 Å². The van der Waals surface area contributed by atoms with E-state index < -0.39 is 6.04 Å². The Balaban J connectivity index is 2.25. The second kappa shape index (κ2) is 8.45. The van der Waals surface area contributed by atoms with E-state index in [1.54, 1.807) is 12.0 Å². The number of ether oxygens (including phenoxy) is 2. The lowest BCUT2D eigenvalue weighted by Crippen LogP contribution is -2.44. The molecular weight excluding hydrogens is 232 g/mol. The highest BCUT2D eigenvalue weighted by molar-refractivity contribution is 5.81. The van der Waals surface area contributed by atoms with Crippen LogP contribution in [0.2, 0.25) is 0 Å². The van der Waals surface area contributed by atoms with E-state index in [0.717, 1.165) is 39.0 Å². The number of likely N-dealkylation sites (N-methyl/N-ethyl adjacent to an activating group) is 1. The third kappa shape index (κ3) is 5.33.